The van der Waals surface area contributed by atoms with Crippen LogP contribution in [0.15, 0.2) is 143 Å². The molecule has 0 heterocycles. The van der Waals surface area contributed by atoms with Gasteiger partial charge in [-0.2, -0.15) is 0 Å². The van der Waals surface area contributed by atoms with Crippen molar-refractivity contribution in [2.75, 3.05) is 0 Å². The number of phenolic OH excluding ortho intramolecular Hbond substituents is 2. The van der Waals surface area contributed by atoms with Gasteiger partial charge >= 0.3 is 0 Å². The van der Waals surface area contributed by atoms with Crippen molar-refractivity contribution in [3.05, 3.63) is 145 Å². The van der Waals surface area contributed by atoms with E-state index >= 15 is 0 Å². The van der Waals surface area contributed by atoms with Gasteiger partial charge in [0.05, 0.1) is 11.4 Å². The average molecular weight is 495 g/mol. The van der Waals surface area contributed by atoms with Crippen molar-refractivity contribution in [3.8, 4) is 11.5 Å². The molecule has 0 spiro atoms. The molecule has 6 aromatic carbocycles. The molecule has 2 N–H and O–H groups in total. The van der Waals surface area contributed by atoms with Crippen molar-refractivity contribution in [3.63, 3.8) is 0 Å². The summed E-state index contributed by atoms with van der Waals surface area (Å²) >= 11 is 0. The molecule has 4 heteroatoms. The zero-order valence-electron chi connectivity index (χ0n) is 20.6. The van der Waals surface area contributed by atoms with E-state index in [2.05, 4.69) is 9.98 Å². The molecule has 0 atom stereocenters. The Labute approximate surface area is 221 Å². The minimum atomic E-state index is 0.249. The van der Waals surface area contributed by atoms with Crippen LogP contribution in [-0.2, 0) is 0 Å². The van der Waals surface area contributed by atoms with Crippen LogP contribution in [0, 0.1) is 0 Å². The van der Waals surface area contributed by atoms with Gasteiger partial charge in [0.25, 0.3) is 0 Å². The summed E-state index contributed by atoms with van der Waals surface area (Å²) in [4.78, 5) is 8.80. The molecule has 0 saturated carbocycles. The molecule has 0 unspecified atom stereocenters. The molecule has 6 aromatic rings. The van der Waals surface area contributed by atoms with Gasteiger partial charge < -0.3 is 10.2 Å². The Hall–Kier alpha value is -5.22. The molecular formula is C34H26N2O2. The van der Waals surface area contributed by atoms with Crippen LogP contribution < -0.4 is 0 Å². The van der Waals surface area contributed by atoms with Gasteiger partial charge in [0.15, 0.2) is 0 Å². The summed E-state index contributed by atoms with van der Waals surface area (Å²) in [6.07, 6.45) is 3.43. The normalized spacial score (nSPS) is 11.2. The van der Waals surface area contributed by atoms with Crippen molar-refractivity contribution < 1.29 is 10.2 Å². The summed E-state index contributed by atoms with van der Waals surface area (Å²) in [5.41, 5.74) is 3.24. The Balaban J connectivity index is 0.000000155. The molecule has 184 valence electrons. The standard InChI is InChI=1S/2C17H13NO/c2*19-17-11-10-13-6-4-5-9-15(13)16(17)12-18-14-7-2-1-3-8-14/h2*1-12,19H. The van der Waals surface area contributed by atoms with Crippen LogP contribution in [0.2, 0.25) is 0 Å². The van der Waals surface area contributed by atoms with E-state index in [1.165, 1.54) is 0 Å². The number of nitrogens with zero attached hydrogens (tertiary/aromatic N) is 2. The number of para-hydroxylation sites is 2. The third-order valence-corrected chi connectivity index (χ3v) is 6.09. The van der Waals surface area contributed by atoms with Gasteiger partial charge in [-0.05, 0) is 57.9 Å². The van der Waals surface area contributed by atoms with Crippen molar-refractivity contribution in [1.29, 1.82) is 0 Å². The predicted octanol–water partition coefficient (Wildman–Crippen LogP) is 8.59. The van der Waals surface area contributed by atoms with Gasteiger partial charge in [0, 0.05) is 23.6 Å². The third-order valence-electron chi connectivity index (χ3n) is 6.09. The van der Waals surface area contributed by atoms with E-state index in [0.717, 1.165) is 44.0 Å². The Morgan fingerprint density at radius 3 is 1.18 bits per heavy atom. The smallest absolute Gasteiger partial charge is 0.124 e. The molecule has 6 rings (SSSR count). The highest BCUT2D eigenvalue weighted by Gasteiger charge is 2.05. The monoisotopic (exact) mass is 494 g/mol. The van der Waals surface area contributed by atoms with Crippen molar-refractivity contribution in [2.24, 2.45) is 9.98 Å². The third kappa shape index (κ3) is 5.77. The molecule has 0 saturated heterocycles. The second-order valence-corrected chi connectivity index (χ2v) is 8.63. The van der Waals surface area contributed by atoms with Gasteiger partial charge in [0.2, 0.25) is 0 Å². The first-order valence-corrected chi connectivity index (χ1v) is 12.3. The molecule has 38 heavy (non-hydrogen) atoms. The maximum Gasteiger partial charge on any atom is 0.124 e. The first kappa shape index (κ1) is 24.5. The Kier molecular flexibility index (Phi) is 7.52. The minimum Gasteiger partial charge on any atom is -0.507 e. The fourth-order valence-electron chi connectivity index (χ4n) is 4.15. The molecule has 0 aliphatic heterocycles. The van der Waals surface area contributed by atoms with Crippen LogP contribution in [0.5, 0.6) is 11.5 Å². The first-order chi connectivity index (χ1) is 18.7. The van der Waals surface area contributed by atoms with Gasteiger partial charge in [-0.25, -0.2) is 0 Å². The Morgan fingerprint density at radius 2 is 0.763 bits per heavy atom. The largest absolute Gasteiger partial charge is 0.507 e. The maximum absolute atomic E-state index is 10.00. The molecule has 0 bridgehead atoms. The topological polar surface area (TPSA) is 65.2 Å². The molecule has 0 radical (unpaired) electrons. The van der Waals surface area contributed by atoms with Crippen molar-refractivity contribution in [2.45, 2.75) is 0 Å². The van der Waals surface area contributed by atoms with Crippen LogP contribution in [0.3, 0.4) is 0 Å². The van der Waals surface area contributed by atoms with E-state index in [0.29, 0.717) is 0 Å². The lowest BCUT2D eigenvalue weighted by molar-refractivity contribution is 0.475. The van der Waals surface area contributed by atoms with Gasteiger partial charge in [-0.15, -0.1) is 0 Å². The van der Waals surface area contributed by atoms with Crippen molar-refractivity contribution >= 4 is 45.3 Å². The molecule has 0 amide bonds. The van der Waals surface area contributed by atoms with Crippen LogP contribution in [0.25, 0.3) is 21.5 Å². The number of benzene rings is 6. The van der Waals surface area contributed by atoms with Crippen LogP contribution in [0.4, 0.5) is 11.4 Å². The lowest BCUT2D eigenvalue weighted by atomic mass is 10.0. The fourth-order valence-corrected chi connectivity index (χ4v) is 4.15. The summed E-state index contributed by atoms with van der Waals surface area (Å²) in [6, 6.07) is 42.5. The van der Waals surface area contributed by atoms with Gasteiger partial charge in [-0.3, -0.25) is 9.98 Å². The van der Waals surface area contributed by atoms with Crippen LogP contribution in [0.1, 0.15) is 11.1 Å². The van der Waals surface area contributed by atoms with E-state index in [9.17, 15) is 10.2 Å². The number of rotatable bonds is 4. The van der Waals surface area contributed by atoms with E-state index in [1.807, 2.05) is 121 Å². The van der Waals surface area contributed by atoms with E-state index < -0.39 is 0 Å². The average Bonchev–Trinajstić information content (AvgIpc) is 2.97. The maximum atomic E-state index is 10.00. The number of fused-ring (bicyclic) bond motifs is 2. The lowest BCUT2D eigenvalue weighted by Crippen LogP contribution is -1.85. The number of aliphatic imine (C=N–C) groups is 2. The van der Waals surface area contributed by atoms with Gasteiger partial charge in [-0.1, -0.05) is 97.1 Å². The minimum absolute atomic E-state index is 0.249. The first-order valence-electron chi connectivity index (χ1n) is 12.3. The molecule has 0 aromatic heterocycles. The highest BCUT2D eigenvalue weighted by Crippen LogP contribution is 2.27. The predicted molar refractivity (Wildman–Crippen MR) is 159 cm³/mol. The lowest BCUT2D eigenvalue weighted by Gasteiger charge is -2.04. The summed E-state index contributed by atoms with van der Waals surface area (Å²) < 4.78 is 0. The molecule has 0 aliphatic carbocycles. The number of hydrogen-bond donors (Lipinski definition) is 2. The zero-order chi connectivity index (χ0) is 26.2. The number of phenols is 2. The second kappa shape index (κ2) is 11.7. The second-order valence-electron chi connectivity index (χ2n) is 8.63. The molecule has 4 nitrogen and oxygen atoms in total. The summed E-state index contributed by atoms with van der Waals surface area (Å²) in [7, 11) is 0. The number of hydrogen-bond acceptors (Lipinski definition) is 4. The number of aromatic hydroxyl groups is 2. The summed E-state index contributed by atoms with van der Waals surface area (Å²) in [6.45, 7) is 0. The Morgan fingerprint density at radius 1 is 0.395 bits per heavy atom. The van der Waals surface area contributed by atoms with Crippen molar-refractivity contribution in [1.82, 2.24) is 0 Å². The quantitative estimate of drug-likeness (QED) is 0.241. The highest BCUT2D eigenvalue weighted by molar-refractivity contribution is 6.03. The molecule has 0 fully saturated rings. The Bertz CT molecular complexity index is 1600. The summed E-state index contributed by atoms with van der Waals surface area (Å²) in [5.74, 6) is 0.497. The fraction of sp³-hybridized carbons (Fsp3) is 0. The van der Waals surface area contributed by atoms with E-state index in [-0.39, 0.29) is 11.5 Å². The van der Waals surface area contributed by atoms with E-state index in [1.54, 1.807) is 24.6 Å². The van der Waals surface area contributed by atoms with E-state index in [4.69, 9.17) is 0 Å². The highest BCUT2D eigenvalue weighted by atomic mass is 16.3. The summed E-state index contributed by atoms with van der Waals surface area (Å²) in [5, 5.41) is 24.2. The SMILES string of the molecule is Oc1ccc2ccccc2c1C=Nc1ccccc1.Oc1ccc2ccccc2c1C=Nc1ccccc1. The van der Waals surface area contributed by atoms with Crippen LogP contribution >= 0.6 is 0 Å². The zero-order valence-corrected chi connectivity index (χ0v) is 20.6. The molecule has 0 aliphatic rings. The van der Waals surface area contributed by atoms with Gasteiger partial charge in [0.1, 0.15) is 11.5 Å². The van der Waals surface area contributed by atoms with Crippen LogP contribution in [-0.4, -0.2) is 22.6 Å². The molecular weight excluding hydrogens is 468 g/mol.